The lowest BCUT2D eigenvalue weighted by Crippen LogP contribution is -2.12. The van der Waals surface area contributed by atoms with Crippen molar-refractivity contribution in [2.45, 2.75) is 19.3 Å². The van der Waals surface area contributed by atoms with Gasteiger partial charge in [0, 0.05) is 18.4 Å². The molecule has 1 unspecified atom stereocenters. The van der Waals surface area contributed by atoms with Gasteiger partial charge in [0.25, 0.3) is 0 Å². The molecule has 2 aromatic rings. The lowest BCUT2D eigenvalue weighted by molar-refractivity contribution is -0.119. The van der Waals surface area contributed by atoms with Crippen LogP contribution in [-0.2, 0) is 11.2 Å². The van der Waals surface area contributed by atoms with E-state index in [2.05, 4.69) is 0 Å². The molecular formula is C16H14F2O. The van der Waals surface area contributed by atoms with Gasteiger partial charge in [-0.05, 0) is 23.3 Å². The van der Waals surface area contributed by atoms with E-state index >= 15 is 0 Å². The van der Waals surface area contributed by atoms with E-state index in [4.69, 9.17) is 0 Å². The molecule has 3 heteroatoms. The van der Waals surface area contributed by atoms with Crippen molar-refractivity contribution in [3.63, 3.8) is 0 Å². The lowest BCUT2D eigenvalue weighted by atomic mass is 9.93. The fourth-order valence-corrected chi connectivity index (χ4v) is 1.99. The molecule has 0 spiro atoms. The van der Waals surface area contributed by atoms with E-state index < -0.39 is 11.6 Å². The molecule has 1 nitrogen and oxygen atoms in total. The van der Waals surface area contributed by atoms with Crippen LogP contribution in [-0.4, -0.2) is 5.78 Å². The molecule has 2 rings (SSSR count). The normalized spacial score (nSPS) is 12.2. The summed E-state index contributed by atoms with van der Waals surface area (Å²) in [6.45, 7) is 1.80. The summed E-state index contributed by atoms with van der Waals surface area (Å²) in [5.41, 5.74) is 1.27. The van der Waals surface area contributed by atoms with E-state index in [9.17, 15) is 13.6 Å². The molecule has 0 radical (unpaired) electrons. The highest BCUT2D eigenvalue weighted by Gasteiger charge is 2.16. The minimum atomic E-state index is -0.657. The smallest absolute Gasteiger partial charge is 0.144 e. The average molecular weight is 260 g/mol. The second-order valence-corrected chi connectivity index (χ2v) is 4.55. The first-order valence-corrected chi connectivity index (χ1v) is 6.09. The Balaban J connectivity index is 2.13. The number of carbonyl (C=O) groups is 1. The Hall–Kier alpha value is -2.03. The zero-order chi connectivity index (χ0) is 13.8. The third-order valence-corrected chi connectivity index (χ3v) is 3.08. The minimum absolute atomic E-state index is 0.0325. The second-order valence-electron chi connectivity index (χ2n) is 4.55. The molecule has 19 heavy (non-hydrogen) atoms. The summed E-state index contributed by atoms with van der Waals surface area (Å²) < 4.78 is 26.1. The van der Waals surface area contributed by atoms with Crippen LogP contribution in [0.25, 0.3) is 0 Å². The number of carbonyl (C=O) groups excluding carboxylic acids is 1. The van der Waals surface area contributed by atoms with Gasteiger partial charge in [0.15, 0.2) is 0 Å². The van der Waals surface area contributed by atoms with Crippen LogP contribution in [0.1, 0.15) is 24.0 Å². The highest BCUT2D eigenvalue weighted by molar-refractivity contribution is 5.87. The highest BCUT2D eigenvalue weighted by atomic mass is 19.1. The lowest BCUT2D eigenvalue weighted by Gasteiger charge is -2.11. The molecule has 1 atom stereocenters. The summed E-state index contributed by atoms with van der Waals surface area (Å²) in [6, 6.07) is 12.5. The van der Waals surface area contributed by atoms with Gasteiger partial charge in [-0.3, -0.25) is 4.79 Å². The summed E-state index contributed by atoms with van der Waals surface area (Å²) in [7, 11) is 0. The Morgan fingerprint density at radius 3 is 2.21 bits per heavy atom. The minimum Gasteiger partial charge on any atom is -0.299 e. The van der Waals surface area contributed by atoms with Crippen LogP contribution in [0.3, 0.4) is 0 Å². The first-order chi connectivity index (χ1) is 9.06. The molecule has 0 saturated heterocycles. The summed E-state index contributed by atoms with van der Waals surface area (Å²) in [5.74, 6) is -1.66. The van der Waals surface area contributed by atoms with Crippen LogP contribution in [0.5, 0.6) is 0 Å². The van der Waals surface area contributed by atoms with Crippen LogP contribution in [0.15, 0.2) is 48.5 Å². The number of benzene rings is 2. The number of ketones is 1. The molecule has 0 saturated carbocycles. The maximum Gasteiger partial charge on any atom is 0.144 e. The maximum atomic E-state index is 13.1. The van der Waals surface area contributed by atoms with Crippen LogP contribution < -0.4 is 0 Å². The summed E-state index contributed by atoms with van der Waals surface area (Å²) in [5, 5.41) is 0. The van der Waals surface area contributed by atoms with Crippen LogP contribution >= 0.6 is 0 Å². The van der Waals surface area contributed by atoms with Gasteiger partial charge in [0.1, 0.15) is 17.4 Å². The number of hydrogen-bond acceptors (Lipinski definition) is 1. The third-order valence-electron chi connectivity index (χ3n) is 3.08. The number of hydrogen-bond donors (Lipinski definition) is 0. The van der Waals surface area contributed by atoms with Gasteiger partial charge in [0.2, 0.25) is 0 Å². The van der Waals surface area contributed by atoms with Crippen molar-refractivity contribution in [1.29, 1.82) is 0 Å². The van der Waals surface area contributed by atoms with Crippen molar-refractivity contribution in [3.8, 4) is 0 Å². The van der Waals surface area contributed by atoms with Gasteiger partial charge in [0.05, 0.1) is 0 Å². The topological polar surface area (TPSA) is 17.1 Å². The zero-order valence-electron chi connectivity index (χ0n) is 10.6. The monoisotopic (exact) mass is 260 g/mol. The van der Waals surface area contributed by atoms with Gasteiger partial charge in [-0.15, -0.1) is 0 Å². The van der Waals surface area contributed by atoms with Gasteiger partial charge >= 0.3 is 0 Å². The van der Waals surface area contributed by atoms with Crippen LogP contribution in [0.2, 0.25) is 0 Å². The summed E-state index contributed by atoms with van der Waals surface area (Å²) >= 11 is 0. The van der Waals surface area contributed by atoms with Crippen molar-refractivity contribution < 1.29 is 13.6 Å². The quantitative estimate of drug-likeness (QED) is 0.815. The molecule has 0 aromatic heterocycles. The molecule has 2 aromatic carbocycles. The number of rotatable bonds is 4. The molecule has 0 bridgehead atoms. The Bertz CT molecular complexity index is 558. The number of halogens is 2. The van der Waals surface area contributed by atoms with Crippen LogP contribution in [0, 0.1) is 11.6 Å². The van der Waals surface area contributed by atoms with Crippen LogP contribution in [0.4, 0.5) is 8.78 Å². The predicted octanol–water partition coefficient (Wildman–Crippen LogP) is 3.88. The largest absolute Gasteiger partial charge is 0.299 e. The molecule has 98 valence electrons. The van der Waals surface area contributed by atoms with Crippen molar-refractivity contribution in [3.05, 3.63) is 71.3 Å². The molecule has 0 fully saturated rings. The van der Waals surface area contributed by atoms with E-state index in [0.29, 0.717) is 5.56 Å². The first kappa shape index (κ1) is 13.4. The summed E-state index contributed by atoms with van der Waals surface area (Å²) in [4.78, 5) is 12.1. The van der Waals surface area contributed by atoms with E-state index in [1.54, 1.807) is 6.92 Å². The van der Waals surface area contributed by atoms with E-state index in [-0.39, 0.29) is 18.1 Å². The fraction of sp³-hybridized carbons (Fsp3) is 0.188. The zero-order valence-corrected chi connectivity index (χ0v) is 10.6. The Kier molecular flexibility index (Phi) is 4.05. The van der Waals surface area contributed by atoms with Crippen molar-refractivity contribution in [2.24, 2.45) is 0 Å². The Labute approximate surface area is 110 Å². The predicted molar refractivity (Wildman–Crippen MR) is 69.9 cm³/mol. The van der Waals surface area contributed by atoms with Gasteiger partial charge in [-0.25, -0.2) is 8.78 Å². The highest BCUT2D eigenvalue weighted by Crippen LogP contribution is 2.18. The average Bonchev–Trinajstić information content (AvgIpc) is 2.37. The van der Waals surface area contributed by atoms with E-state index in [1.807, 2.05) is 30.3 Å². The van der Waals surface area contributed by atoms with Gasteiger partial charge in [-0.1, -0.05) is 37.3 Å². The van der Waals surface area contributed by atoms with Gasteiger partial charge < -0.3 is 0 Å². The fourth-order valence-electron chi connectivity index (χ4n) is 1.99. The molecule has 0 aliphatic heterocycles. The number of Topliss-reactive ketones (excluding diaryl/α,β-unsaturated/α-hetero) is 1. The first-order valence-electron chi connectivity index (χ1n) is 6.09. The third kappa shape index (κ3) is 3.47. The van der Waals surface area contributed by atoms with Crippen molar-refractivity contribution in [1.82, 2.24) is 0 Å². The molecule has 0 aliphatic rings. The van der Waals surface area contributed by atoms with Crippen molar-refractivity contribution in [2.75, 3.05) is 0 Å². The SMILES string of the molecule is CC(C(=O)Cc1cc(F)cc(F)c1)c1ccccc1. The molecular weight excluding hydrogens is 246 g/mol. The second kappa shape index (κ2) is 5.74. The molecule has 0 aliphatic carbocycles. The molecule has 0 N–H and O–H groups in total. The molecule has 0 amide bonds. The summed E-state index contributed by atoms with van der Waals surface area (Å²) in [6.07, 6.45) is 0.0325. The Morgan fingerprint density at radius 2 is 1.63 bits per heavy atom. The molecule has 0 heterocycles. The Morgan fingerprint density at radius 1 is 1.05 bits per heavy atom. The maximum absolute atomic E-state index is 13.1. The standard InChI is InChI=1S/C16H14F2O/c1-11(13-5-3-2-4-6-13)16(19)9-12-7-14(17)10-15(18)8-12/h2-8,10-11H,9H2,1H3. The van der Waals surface area contributed by atoms with Gasteiger partial charge in [-0.2, -0.15) is 0 Å². The van der Waals surface area contributed by atoms with E-state index in [0.717, 1.165) is 11.6 Å². The van der Waals surface area contributed by atoms with E-state index in [1.165, 1.54) is 12.1 Å². The van der Waals surface area contributed by atoms with Crippen molar-refractivity contribution >= 4 is 5.78 Å².